The Bertz CT molecular complexity index is 1090. The quantitative estimate of drug-likeness (QED) is 0.309. The van der Waals surface area contributed by atoms with Crippen molar-refractivity contribution in [2.24, 2.45) is 0 Å². The van der Waals surface area contributed by atoms with E-state index in [1.165, 1.54) is 30.3 Å². The Labute approximate surface area is 186 Å². The van der Waals surface area contributed by atoms with Crippen LogP contribution >= 0.6 is 0 Å². The van der Waals surface area contributed by atoms with Crippen molar-refractivity contribution in [2.45, 2.75) is 9.79 Å². The number of hydrogen-bond donors (Lipinski definition) is 0. The van der Waals surface area contributed by atoms with Gasteiger partial charge >= 0.3 is 51.4 Å². The van der Waals surface area contributed by atoms with E-state index in [0.717, 1.165) is 18.2 Å². The number of rotatable bonds is 2. The van der Waals surface area contributed by atoms with Gasteiger partial charge in [0.2, 0.25) is 0 Å². The van der Waals surface area contributed by atoms with E-state index in [1.807, 2.05) is 0 Å². The van der Waals surface area contributed by atoms with Gasteiger partial charge in [-0.25, -0.2) is 16.8 Å². The van der Waals surface area contributed by atoms with Gasteiger partial charge in [-0.1, -0.05) is 24.3 Å². The van der Waals surface area contributed by atoms with E-state index in [0.29, 0.717) is 0 Å². The number of nitrogens with zero attached hydrogens (tertiary/aromatic N) is 1. The SMILES string of the molecule is O=C(c1ccccc1S(=O)(=O)[O-])N1C(=O)c2ccccc2S1(=O)=O.[K+]. The van der Waals surface area contributed by atoms with Crippen molar-refractivity contribution < 1.29 is 82.4 Å². The summed E-state index contributed by atoms with van der Waals surface area (Å²) in [7, 11) is -9.50. The first-order chi connectivity index (χ1) is 11.2. The monoisotopic (exact) mass is 405 g/mol. The topological polar surface area (TPSA) is 129 Å². The molecule has 0 unspecified atom stereocenters. The number of sulfonamides is 1. The van der Waals surface area contributed by atoms with E-state index in [9.17, 15) is 31.0 Å². The average molecular weight is 405 g/mol. The predicted octanol–water partition coefficient (Wildman–Crippen LogP) is -2.42. The normalized spacial score (nSPS) is 15.4. The number of benzene rings is 2. The maximum Gasteiger partial charge on any atom is 1.00 e. The zero-order chi connectivity index (χ0) is 17.7. The molecule has 0 fully saturated rings. The molecule has 0 aromatic heterocycles. The fraction of sp³-hybridized carbons (Fsp3) is 0. The molecule has 2 amide bonds. The molecule has 3 rings (SSSR count). The first kappa shape index (κ1) is 20.4. The first-order valence-electron chi connectivity index (χ1n) is 6.43. The summed E-state index contributed by atoms with van der Waals surface area (Å²) >= 11 is 0. The van der Waals surface area contributed by atoms with Crippen molar-refractivity contribution in [3.8, 4) is 0 Å². The minimum atomic E-state index is -5.03. The summed E-state index contributed by atoms with van der Waals surface area (Å²) in [5.41, 5.74) is -0.884. The van der Waals surface area contributed by atoms with Crippen LogP contribution in [0.5, 0.6) is 0 Å². The minimum absolute atomic E-state index is 0. The second kappa shape index (κ2) is 7.00. The van der Waals surface area contributed by atoms with Crippen molar-refractivity contribution in [1.82, 2.24) is 4.31 Å². The van der Waals surface area contributed by atoms with E-state index < -0.39 is 42.4 Å². The molecule has 0 spiro atoms. The Hall–Kier alpha value is -0.924. The largest absolute Gasteiger partial charge is 1.00 e. The number of hydrogen-bond acceptors (Lipinski definition) is 7. The molecule has 0 saturated carbocycles. The molecule has 1 heterocycles. The predicted molar refractivity (Wildman–Crippen MR) is 78.5 cm³/mol. The molecule has 2 aromatic rings. The van der Waals surface area contributed by atoms with Gasteiger partial charge in [-0.2, -0.15) is 4.31 Å². The van der Waals surface area contributed by atoms with Gasteiger partial charge in [0.15, 0.2) is 0 Å². The Balaban J connectivity index is 0.00000225. The Morgan fingerprint density at radius 3 is 2.16 bits per heavy atom. The average Bonchev–Trinajstić information content (AvgIpc) is 2.73. The van der Waals surface area contributed by atoms with Gasteiger partial charge in [-0.05, 0) is 24.3 Å². The standard InChI is InChI=1S/C14H9NO7S2.K/c16-13-9-5-1-3-7-11(9)23(18,19)15(13)14(17)10-6-2-4-8-12(10)24(20,21)22;/h1-8H,(H,20,21,22);/q;+1/p-1. The Morgan fingerprint density at radius 1 is 1.00 bits per heavy atom. The molecule has 2 aromatic carbocycles. The molecule has 124 valence electrons. The molecule has 0 saturated heterocycles. The second-order valence-electron chi connectivity index (χ2n) is 4.83. The summed E-state index contributed by atoms with van der Waals surface area (Å²) in [4.78, 5) is 23.6. The van der Waals surface area contributed by atoms with Gasteiger partial charge in [0.25, 0.3) is 21.8 Å². The summed E-state index contributed by atoms with van der Waals surface area (Å²) in [6, 6.07) is 9.50. The van der Waals surface area contributed by atoms with Crippen LogP contribution in [0.15, 0.2) is 58.3 Å². The molecule has 0 bridgehead atoms. The van der Waals surface area contributed by atoms with Crippen molar-refractivity contribution in [3.63, 3.8) is 0 Å². The van der Waals surface area contributed by atoms with Crippen molar-refractivity contribution in [3.05, 3.63) is 59.7 Å². The summed E-state index contributed by atoms with van der Waals surface area (Å²) in [5.74, 6) is -2.50. The van der Waals surface area contributed by atoms with Crippen LogP contribution in [0, 0.1) is 0 Å². The molecule has 0 radical (unpaired) electrons. The van der Waals surface area contributed by atoms with Crippen molar-refractivity contribution in [2.75, 3.05) is 0 Å². The Morgan fingerprint density at radius 2 is 1.56 bits per heavy atom. The van der Waals surface area contributed by atoms with Gasteiger partial charge in [0.1, 0.15) is 15.0 Å². The maximum atomic E-state index is 12.5. The smallest absolute Gasteiger partial charge is 0.744 e. The molecule has 0 aliphatic carbocycles. The summed E-state index contributed by atoms with van der Waals surface area (Å²) in [5, 5.41) is 0. The van der Waals surface area contributed by atoms with Gasteiger partial charge in [-0.3, -0.25) is 9.59 Å². The van der Waals surface area contributed by atoms with Gasteiger partial charge in [0, 0.05) is 0 Å². The number of carbonyl (C=O) groups excluding carboxylic acids is 2. The van der Waals surface area contributed by atoms with Crippen LogP contribution in [-0.2, 0) is 20.1 Å². The molecule has 8 nitrogen and oxygen atoms in total. The van der Waals surface area contributed by atoms with Crippen LogP contribution in [-0.4, -0.2) is 37.5 Å². The molecule has 1 aliphatic rings. The molecule has 25 heavy (non-hydrogen) atoms. The number of imide groups is 1. The maximum absolute atomic E-state index is 12.5. The number of carbonyl (C=O) groups is 2. The van der Waals surface area contributed by atoms with Crippen LogP contribution in [0.2, 0.25) is 0 Å². The fourth-order valence-corrected chi connectivity index (χ4v) is 4.54. The van der Waals surface area contributed by atoms with E-state index >= 15 is 0 Å². The van der Waals surface area contributed by atoms with Crippen LogP contribution in [0.1, 0.15) is 20.7 Å². The third kappa shape index (κ3) is 3.38. The summed E-state index contributed by atoms with van der Waals surface area (Å²) in [6.45, 7) is 0. The third-order valence-electron chi connectivity index (χ3n) is 3.39. The molecular weight excluding hydrogens is 397 g/mol. The van der Waals surface area contributed by atoms with E-state index in [4.69, 9.17) is 0 Å². The fourth-order valence-electron chi connectivity index (χ4n) is 2.36. The van der Waals surface area contributed by atoms with E-state index in [2.05, 4.69) is 0 Å². The Kier molecular flexibility index (Phi) is 5.71. The minimum Gasteiger partial charge on any atom is -0.744 e. The summed E-state index contributed by atoms with van der Waals surface area (Å²) in [6.07, 6.45) is 0. The number of amides is 2. The number of fused-ring (bicyclic) bond motifs is 1. The van der Waals surface area contributed by atoms with Crippen LogP contribution < -0.4 is 51.4 Å². The first-order valence-corrected chi connectivity index (χ1v) is 9.28. The molecule has 0 N–H and O–H groups in total. The van der Waals surface area contributed by atoms with Gasteiger partial charge in [-0.15, -0.1) is 0 Å². The van der Waals surface area contributed by atoms with Crippen molar-refractivity contribution in [1.29, 1.82) is 0 Å². The molecule has 1 aliphatic heterocycles. The van der Waals surface area contributed by atoms with Gasteiger partial charge in [0.05, 0.1) is 16.0 Å². The van der Waals surface area contributed by atoms with Gasteiger partial charge < -0.3 is 4.55 Å². The van der Waals surface area contributed by atoms with Crippen molar-refractivity contribution >= 4 is 32.0 Å². The second-order valence-corrected chi connectivity index (χ2v) is 7.93. The summed E-state index contributed by atoms with van der Waals surface area (Å²) < 4.78 is 58.6. The molecule has 0 atom stereocenters. The van der Waals surface area contributed by atoms with Crippen LogP contribution in [0.3, 0.4) is 0 Å². The molecular formula is C14H8KNO7S2. The van der Waals surface area contributed by atoms with E-state index in [1.54, 1.807) is 0 Å². The zero-order valence-electron chi connectivity index (χ0n) is 12.7. The third-order valence-corrected chi connectivity index (χ3v) is 6.01. The van der Waals surface area contributed by atoms with Crippen LogP contribution in [0.25, 0.3) is 0 Å². The zero-order valence-corrected chi connectivity index (χ0v) is 17.5. The van der Waals surface area contributed by atoms with Crippen LogP contribution in [0.4, 0.5) is 0 Å². The van der Waals surface area contributed by atoms with E-state index in [-0.39, 0.29) is 66.1 Å². The molecule has 11 heteroatoms.